The van der Waals surface area contributed by atoms with Gasteiger partial charge >= 0.3 is 0 Å². The highest BCUT2D eigenvalue weighted by Gasteiger charge is 2.07. The van der Waals surface area contributed by atoms with Gasteiger partial charge in [-0.15, -0.1) is 0 Å². The Labute approximate surface area is 130 Å². The lowest BCUT2D eigenvalue weighted by Crippen LogP contribution is -2.23. The van der Waals surface area contributed by atoms with Crippen LogP contribution in [0.1, 0.15) is 27.0 Å². The van der Waals surface area contributed by atoms with Crippen molar-refractivity contribution in [1.29, 1.82) is 0 Å². The van der Waals surface area contributed by atoms with E-state index in [1.807, 2.05) is 50.2 Å². The number of hydrogen-bond acceptors (Lipinski definition) is 1. The van der Waals surface area contributed by atoms with Crippen molar-refractivity contribution in [1.82, 2.24) is 5.32 Å². The number of benzene rings is 3. The Morgan fingerprint density at radius 1 is 0.909 bits per heavy atom. The van der Waals surface area contributed by atoms with Crippen LogP contribution in [0.4, 0.5) is 0 Å². The van der Waals surface area contributed by atoms with Crippen molar-refractivity contribution in [2.75, 3.05) is 0 Å². The number of carbonyl (C=O) groups excluding carboxylic acids is 1. The highest BCUT2D eigenvalue weighted by atomic mass is 16.1. The summed E-state index contributed by atoms with van der Waals surface area (Å²) in [4.78, 5) is 12.3. The van der Waals surface area contributed by atoms with E-state index in [1.54, 1.807) is 0 Å². The molecule has 0 heterocycles. The Bertz CT molecular complexity index is 831. The Kier molecular flexibility index (Phi) is 3.92. The zero-order valence-corrected chi connectivity index (χ0v) is 12.9. The SMILES string of the molecule is Cc1ccc(C(=O)NCc2cccc3ccccc23)cc1C. The summed E-state index contributed by atoms with van der Waals surface area (Å²) in [5, 5.41) is 5.40. The first-order valence-corrected chi connectivity index (χ1v) is 7.47. The summed E-state index contributed by atoms with van der Waals surface area (Å²) in [7, 11) is 0. The monoisotopic (exact) mass is 289 g/mol. The van der Waals surface area contributed by atoms with Gasteiger partial charge in [0.1, 0.15) is 0 Å². The van der Waals surface area contributed by atoms with Gasteiger partial charge in [-0.05, 0) is 53.4 Å². The van der Waals surface area contributed by atoms with Crippen LogP contribution < -0.4 is 5.32 Å². The summed E-state index contributed by atoms with van der Waals surface area (Å²) in [6.45, 7) is 4.61. The maximum Gasteiger partial charge on any atom is 0.251 e. The molecule has 0 saturated carbocycles. The average Bonchev–Trinajstić information content (AvgIpc) is 2.55. The zero-order chi connectivity index (χ0) is 15.5. The Morgan fingerprint density at radius 3 is 2.50 bits per heavy atom. The highest BCUT2D eigenvalue weighted by molar-refractivity contribution is 5.95. The smallest absolute Gasteiger partial charge is 0.251 e. The van der Waals surface area contributed by atoms with Gasteiger partial charge in [-0.3, -0.25) is 4.79 Å². The molecule has 3 aromatic rings. The summed E-state index contributed by atoms with van der Waals surface area (Å²) in [5.74, 6) is -0.0314. The third-order valence-electron chi connectivity index (χ3n) is 4.09. The van der Waals surface area contributed by atoms with Crippen LogP contribution in [0, 0.1) is 13.8 Å². The minimum atomic E-state index is -0.0314. The van der Waals surface area contributed by atoms with E-state index in [4.69, 9.17) is 0 Å². The molecular weight excluding hydrogens is 270 g/mol. The van der Waals surface area contributed by atoms with Crippen LogP contribution in [0.3, 0.4) is 0 Å². The molecule has 0 fully saturated rings. The van der Waals surface area contributed by atoms with Crippen LogP contribution in [0.25, 0.3) is 10.8 Å². The number of nitrogens with one attached hydrogen (secondary N) is 1. The maximum absolute atomic E-state index is 12.3. The molecule has 0 aliphatic carbocycles. The van der Waals surface area contributed by atoms with Crippen LogP contribution in [0.2, 0.25) is 0 Å². The average molecular weight is 289 g/mol. The number of fused-ring (bicyclic) bond motifs is 1. The van der Waals surface area contributed by atoms with E-state index >= 15 is 0 Å². The molecule has 110 valence electrons. The summed E-state index contributed by atoms with van der Waals surface area (Å²) in [6, 6.07) is 20.2. The molecule has 2 nitrogen and oxygen atoms in total. The van der Waals surface area contributed by atoms with E-state index < -0.39 is 0 Å². The molecule has 0 aliphatic heterocycles. The standard InChI is InChI=1S/C20H19NO/c1-14-10-11-17(12-15(14)2)20(22)21-13-18-8-5-7-16-6-3-4-9-19(16)18/h3-12H,13H2,1-2H3,(H,21,22). The predicted octanol–water partition coefficient (Wildman–Crippen LogP) is 4.39. The fraction of sp³-hybridized carbons (Fsp3) is 0.150. The van der Waals surface area contributed by atoms with Gasteiger partial charge in [0.15, 0.2) is 0 Å². The molecule has 0 saturated heterocycles. The first kappa shape index (κ1) is 14.3. The molecule has 1 amide bonds. The Hall–Kier alpha value is -2.61. The van der Waals surface area contributed by atoms with Gasteiger partial charge in [0.05, 0.1) is 0 Å². The van der Waals surface area contributed by atoms with Gasteiger partial charge < -0.3 is 5.32 Å². The Morgan fingerprint density at radius 2 is 1.68 bits per heavy atom. The topological polar surface area (TPSA) is 29.1 Å². The highest BCUT2D eigenvalue weighted by Crippen LogP contribution is 2.18. The van der Waals surface area contributed by atoms with Gasteiger partial charge in [0.2, 0.25) is 0 Å². The lowest BCUT2D eigenvalue weighted by Gasteiger charge is -2.09. The van der Waals surface area contributed by atoms with Crippen molar-refractivity contribution in [3.8, 4) is 0 Å². The van der Waals surface area contributed by atoms with Gasteiger partial charge in [-0.25, -0.2) is 0 Å². The van der Waals surface area contributed by atoms with E-state index in [9.17, 15) is 4.79 Å². The maximum atomic E-state index is 12.3. The van der Waals surface area contributed by atoms with Crippen molar-refractivity contribution < 1.29 is 4.79 Å². The van der Waals surface area contributed by atoms with E-state index in [1.165, 1.54) is 16.3 Å². The van der Waals surface area contributed by atoms with Crippen molar-refractivity contribution >= 4 is 16.7 Å². The molecule has 3 aromatic carbocycles. The molecule has 22 heavy (non-hydrogen) atoms. The molecule has 0 unspecified atom stereocenters. The van der Waals surface area contributed by atoms with Crippen molar-refractivity contribution in [2.45, 2.75) is 20.4 Å². The predicted molar refractivity (Wildman–Crippen MR) is 91.0 cm³/mol. The largest absolute Gasteiger partial charge is 0.348 e. The fourth-order valence-electron chi connectivity index (χ4n) is 2.61. The number of rotatable bonds is 3. The van der Waals surface area contributed by atoms with Crippen LogP contribution in [0.15, 0.2) is 60.7 Å². The quantitative estimate of drug-likeness (QED) is 0.761. The number of amides is 1. The molecule has 2 heteroatoms. The molecule has 0 aliphatic rings. The van der Waals surface area contributed by atoms with Gasteiger partial charge in [-0.1, -0.05) is 48.5 Å². The van der Waals surface area contributed by atoms with Crippen LogP contribution in [-0.4, -0.2) is 5.91 Å². The summed E-state index contributed by atoms with van der Waals surface area (Å²) < 4.78 is 0. The van der Waals surface area contributed by atoms with Gasteiger partial charge in [0, 0.05) is 12.1 Å². The summed E-state index contributed by atoms with van der Waals surface area (Å²) >= 11 is 0. The number of aryl methyl sites for hydroxylation is 2. The molecule has 1 N–H and O–H groups in total. The second-order valence-corrected chi connectivity index (χ2v) is 5.62. The molecule has 3 rings (SSSR count). The zero-order valence-electron chi connectivity index (χ0n) is 12.9. The first-order valence-electron chi connectivity index (χ1n) is 7.47. The molecule has 0 atom stereocenters. The lowest BCUT2D eigenvalue weighted by atomic mass is 10.0. The Balaban J connectivity index is 1.79. The normalized spacial score (nSPS) is 10.6. The first-order chi connectivity index (χ1) is 10.6. The van der Waals surface area contributed by atoms with Crippen molar-refractivity contribution in [3.05, 3.63) is 82.9 Å². The summed E-state index contributed by atoms with van der Waals surface area (Å²) in [5.41, 5.74) is 4.18. The third kappa shape index (κ3) is 2.86. The van der Waals surface area contributed by atoms with Crippen LogP contribution in [-0.2, 0) is 6.54 Å². The van der Waals surface area contributed by atoms with Gasteiger partial charge in [0.25, 0.3) is 5.91 Å². The molecule has 0 radical (unpaired) electrons. The fourth-order valence-corrected chi connectivity index (χ4v) is 2.61. The van der Waals surface area contributed by atoms with Crippen molar-refractivity contribution in [3.63, 3.8) is 0 Å². The van der Waals surface area contributed by atoms with Crippen LogP contribution >= 0.6 is 0 Å². The lowest BCUT2D eigenvalue weighted by molar-refractivity contribution is 0.0951. The van der Waals surface area contributed by atoms with E-state index in [2.05, 4.69) is 29.6 Å². The minimum absolute atomic E-state index is 0.0314. The number of carbonyl (C=O) groups is 1. The number of hydrogen-bond donors (Lipinski definition) is 1. The second kappa shape index (κ2) is 6.02. The molecular formula is C20H19NO. The summed E-state index contributed by atoms with van der Waals surface area (Å²) in [6.07, 6.45) is 0. The minimum Gasteiger partial charge on any atom is -0.348 e. The van der Waals surface area contributed by atoms with Crippen LogP contribution in [0.5, 0.6) is 0 Å². The van der Waals surface area contributed by atoms with E-state index in [0.29, 0.717) is 12.1 Å². The second-order valence-electron chi connectivity index (χ2n) is 5.62. The molecule has 0 aromatic heterocycles. The van der Waals surface area contributed by atoms with Crippen molar-refractivity contribution in [2.24, 2.45) is 0 Å². The van der Waals surface area contributed by atoms with Gasteiger partial charge in [-0.2, -0.15) is 0 Å². The molecule has 0 bridgehead atoms. The van der Waals surface area contributed by atoms with E-state index in [0.717, 1.165) is 11.1 Å². The van der Waals surface area contributed by atoms with E-state index in [-0.39, 0.29) is 5.91 Å². The third-order valence-corrected chi connectivity index (χ3v) is 4.09. The molecule has 0 spiro atoms.